The molecule has 1 amide bonds. The second-order valence-electron chi connectivity index (χ2n) is 5.38. The molecule has 0 aliphatic heterocycles. The van der Waals surface area contributed by atoms with Crippen LogP contribution in [0, 0.1) is 6.92 Å². The number of benzene rings is 1. The van der Waals surface area contributed by atoms with Crippen molar-refractivity contribution in [2.75, 3.05) is 12.4 Å². The van der Waals surface area contributed by atoms with Crippen LogP contribution < -0.4 is 5.32 Å². The molecule has 1 N–H and O–H groups in total. The van der Waals surface area contributed by atoms with Gasteiger partial charge in [0, 0.05) is 7.11 Å². The number of carbonyl (C=O) groups is 1. The fourth-order valence-corrected chi connectivity index (χ4v) is 2.99. The fourth-order valence-electron chi connectivity index (χ4n) is 2.31. The molecule has 0 saturated heterocycles. The molecule has 0 unspecified atom stereocenters. The summed E-state index contributed by atoms with van der Waals surface area (Å²) in [5.41, 5.74) is 2.69. The fraction of sp³-hybridized carbons (Fsp3) is 0.312. The van der Waals surface area contributed by atoms with Crippen molar-refractivity contribution in [1.82, 2.24) is 25.2 Å². The molecule has 3 aromatic rings. The van der Waals surface area contributed by atoms with Gasteiger partial charge >= 0.3 is 0 Å². The van der Waals surface area contributed by atoms with Crippen LogP contribution in [0.4, 0.5) is 5.13 Å². The lowest BCUT2D eigenvalue weighted by molar-refractivity contribution is 0.101. The first kappa shape index (κ1) is 17.2. The highest BCUT2D eigenvalue weighted by Crippen LogP contribution is 2.19. The second kappa shape index (κ2) is 7.49. The van der Waals surface area contributed by atoms with E-state index in [2.05, 4.69) is 25.8 Å². The van der Waals surface area contributed by atoms with Crippen molar-refractivity contribution in [3.05, 3.63) is 46.2 Å². The van der Waals surface area contributed by atoms with Crippen LogP contribution in [0.1, 0.15) is 33.7 Å². The van der Waals surface area contributed by atoms with Gasteiger partial charge in [-0.05, 0) is 31.0 Å². The molecule has 0 atom stereocenters. The Morgan fingerprint density at radius 1 is 1.32 bits per heavy atom. The summed E-state index contributed by atoms with van der Waals surface area (Å²) in [6.45, 7) is 4.18. The molecule has 0 aliphatic carbocycles. The Labute approximate surface area is 148 Å². The molecule has 0 fully saturated rings. The Morgan fingerprint density at radius 2 is 2.16 bits per heavy atom. The summed E-state index contributed by atoms with van der Waals surface area (Å²) in [5, 5.41) is 20.1. The molecule has 2 heterocycles. The molecule has 9 heteroatoms. The molecule has 2 aromatic heterocycles. The Balaban J connectivity index is 1.91. The number of hydrogen-bond acceptors (Lipinski definition) is 7. The number of amides is 1. The van der Waals surface area contributed by atoms with Crippen LogP contribution in [0.2, 0.25) is 0 Å². The van der Waals surface area contributed by atoms with Crippen LogP contribution in [0.5, 0.6) is 0 Å². The van der Waals surface area contributed by atoms with E-state index in [0.717, 1.165) is 22.7 Å². The number of nitrogens with one attached hydrogen (secondary N) is 1. The predicted octanol–water partition coefficient (Wildman–Crippen LogP) is 2.39. The largest absolute Gasteiger partial charge is 0.378 e. The van der Waals surface area contributed by atoms with Gasteiger partial charge in [-0.15, -0.1) is 15.3 Å². The number of rotatable bonds is 6. The molecule has 8 nitrogen and oxygen atoms in total. The van der Waals surface area contributed by atoms with Crippen molar-refractivity contribution < 1.29 is 9.53 Å². The average Bonchev–Trinajstić information content (AvgIpc) is 3.22. The molecular weight excluding hydrogens is 340 g/mol. The zero-order valence-electron chi connectivity index (χ0n) is 14.2. The van der Waals surface area contributed by atoms with Gasteiger partial charge in [-0.1, -0.05) is 35.6 Å². The van der Waals surface area contributed by atoms with E-state index in [9.17, 15) is 4.79 Å². The van der Waals surface area contributed by atoms with Crippen LogP contribution in [-0.4, -0.2) is 38.2 Å². The minimum atomic E-state index is -0.384. The number of aryl methyl sites for hydroxylation is 2. The van der Waals surface area contributed by atoms with Gasteiger partial charge in [0.1, 0.15) is 10.7 Å². The number of methoxy groups -OCH3 is 1. The maximum atomic E-state index is 12.6. The summed E-state index contributed by atoms with van der Waals surface area (Å²) in [5.74, 6) is -0.384. The van der Waals surface area contributed by atoms with E-state index in [-0.39, 0.29) is 18.2 Å². The van der Waals surface area contributed by atoms with E-state index in [1.807, 2.05) is 38.1 Å². The average molecular weight is 358 g/mol. The highest BCUT2D eigenvalue weighted by Gasteiger charge is 2.21. The summed E-state index contributed by atoms with van der Waals surface area (Å²) in [6.07, 6.45) is 0.770. The SMILES string of the molecule is CCc1nnc(NC(=O)c2nnn(-c3cccc(C)c3)c2COC)s1. The third-order valence-electron chi connectivity index (χ3n) is 3.50. The molecule has 0 spiro atoms. The number of carbonyl (C=O) groups excluding carboxylic acids is 1. The van der Waals surface area contributed by atoms with Gasteiger partial charge in [-0.2, -0.15) is 0 Å². The normalized spacial score (nSPS) is 10.8. The van der Waals surface area contributed by atoms with Gasteiger partial charge in [0.2, 0.25) is 5.13 Å². The molecule has 0 aliphatic rings. The topological polar surface area (TPSA) is 94.8 Å². The van der Waals surface area contributed by atoms with E-state index < -0.39 is 0 Å². The third-order valence-corrected chi connectivity index (χ3v) is 4.48. The number of nitrogens with zero attached hydrogens (tertiary/aromatic N) is 5. The highest BCUT2D eigenvalue weighted by atomic mass is 32.1. The van der Waals surface area contributed by atoms with Gasteiger partial charge in [0.25, 0.3) is 5.91 Å². The molecule has 0 radical (unpaired) electrons. The van der Waals surface area contributed by atoms with Gasteiger partial charge < -0.3 is 4.74 Å². The van der Waals surface area contributed by atoms with E-state index in [0.29, 0.717) is 10.8 Å². The van der Waals surface area contributed by atoms with Crippen molar-refractivity contribution in [2.45, 2.75) is 26.9 Å². The van der Waals surface area contributed by atoms with Crippen molar-refractivity contribution in [3.63, 3.8) is 0 Å². The molecule has 0 saturated carbocycles. The van der Waals surface area contributed by atoms with Gasteiger partial charge in [0.05, 0.1) is 12.3 Å². The predicted molar refractivity (Wildman–Crippen MR) is 94.0 cm³/mol. The standard InChI is InChI=1S/C16H18N6O2S/c1-4-13-18-20-16(25-13)17-15(23)14-12(9-24-3)22(21-19-14)11-7-5-6-10(2)8-11/h5-8H,4,9H2,1-3H3,(H,17,20,23). The zero-order valence-corrected chi connectivity index (χ0v) is 15.0. The van der Waals surface area contributed by atoms with Gasteiger partial charge in [-0.3, -0.25) is 10.1 Å². The van der Waals surface area contributed by atoms with E-state index in [4.69, 9.17) is 4.74 Å². The Morgan fingerprint density at radius 3 is 2.84 bits per heavy atom. The quantitative estimate of drug-likeness (QED) is 0.727. The summed E-state index contributed by atoms with van der Waals surface area (Å²) in [4.78, 5) is 12.6. The zero-order chi connectivity index (χ0) is 17.8. The number of hydrogen-bond donors (Lipinski definition) is 1. The molecule has 0 bridgehead atoms. The smallest absolute Gasteiger partial charge is 0.280 e. The van der Waals surface area contributed by atoms with E-state index in [1.54, 1.807) is 11.8 Å². The lowest BCUT2D eigenvalue weighted by Gasteiger charge is -2.07. The lowest BCUT2D eigenvalue weighted by atomic mass is 10.2. The summed E-state index contributed by atoms with van der Waals surface area (Å²) >= 11 is 1.34. The Hall–Kier alpha value is -2.65. The second-order valence-corrected chi connectivity index (χ2v) is 6.44. The van der Waals surface area contributed by atoms with E-state index >= 15 is 0 Å². The molecule has 3 rings (SSSR count). The first-order valence-corrected chi connectivity index (χ1v) is 8.58. The third kappa shape index (κ3) is 3.72. The van der Waals surface area contributed by atoms with Crippen molar-refractivity contribution in [2.24, 2.45) is 0 Å². The summed E-state index contributed by atoms with van der Waals surface area (Å²) in [7, 11) is 1.56. The molecule has 25 heavy (non-hydrogen) atoms. The van der Waals surface area contributed by atoms with Crippen LogP contribution in [0.3, 0.4) is 0 Å². The minimum absolute atomic E-state index is 0.205. The van der Waals surface area contributed by atoms with Crippen LogP contribution >= 0.6 is 11.3 Å². The Bertz CT molecular complexity index is 888. The van der Waals surface area contributed by atoms with Crippen LogP contribution in [-0.2, 0) is 17.8 Å². The molecular formula is C16H18N6O2S. The number of aromatic nitrogens is 5. The summed E-state index contributed by atoms with van der Waals surface area (Å²) < 4.78 is 6.85. The van der Waals surface area contributed by atoms with Crippen molar-refractivity contribution in [3.8, 4) is 5.69 Å². The number of ether oxygens (including phenoxy) is 1. The molecule has 130 valence electrons. The van der Waals surface area contributed by atoms with Gasteiger partial charge in [0.15, 0.2) is 5.69 Å². The minimum Gasteiger partial charge on any atom is -0.378 e. The van der Waals surface area contributed by atoms with Crippen molar-refractivity contribution >= 4 is 22.4 Å². The number of anilines is 1. The Kier molecular flexibility index (Phi) is 5.15. The first-order valence-electron chi connectivity index (χ1n) is 7.76. The highest BCUT2D eigenvalue weighted by molar-refractivity contribution is 7.15. The monoisotopic (exact) mass is 358 g/mol. The summed E-state index contributed by atoms with van der Waals surface area (Å²) in [6, 6.07) is 7.79. The maximum Gasteiger partial charge on any atom is 0.280 e. The first-order chi connectivity index (χ1) is 12.1. The van der Waals surface area contributed by atoms with Gasteiger partial charge in [-0.25, -0.2) is 4.68 Å². The van der Waals surface area contributed by atoms with Crippen LogP contribution in [0.15, 0.2) is 24.3 Å². The van der Waals surface area contributed by atoms with Crippen LogP contribution in [0.25, 0.3) is 5.69 Å². The maximum absolute atomic E-state index is 12.6. The van der Waals surface area contributed by atoms with Crippen molar-refractivity contribution in [1.29, 1.82) is 0 Å². The molecule has 1 aromatic carbocycles. The van der Waals surface area contributed by atoms with E-state index in [1.165, 1.54) is 11.3 Å². The lowest BCUT2D eigenvalue weighted by Crippen LogP contribution is -2.16.